The van der Waals surface area contributed by atoms with E-state index in [9.17, 15) is 17.2 Å². The molecule has 1 heterocycles. The summed E-state index contributed by atoms with van der Waals surface area (Å²) in [4.78, 5) is -0.143. The molecule has 0 radical (unpaired) electrons. The van der Waals surface area contributed by atoms with Crippen LogP contribution < -0.4 is 0 Å². The summed E-state index contributed by atoms with van der Waals surface area (Å²) in [6.07, 6.45) is -1.42. The maximum Gasteiger partial charge on any atom is 0.263 e. The molecule has 0 saturated heterocycles. The molecule has 0 bridgehead atoms. The summed E-state index contributed by atoms with van der Waals surface area (Å²) < 4.78 is 48.5. The Morgan fingerprint density at radius 1 is 1.29 bits per heavy atom. The van der Waals surface area contributed by atoms with E-state index < -0.39 is 22.0 Å². The fraction of sp³-hybridized carbons (Fsp3) is 0.200. The molecule has 0 fully saturated rings. The van der Waals surface area contributed by atoms with Crippen molar-refractivity contribution in [2.24, 2.45) is 0 Å². The highest BCUT2D eigenvalue weighted by Gasteiger charge is 2.19. The van der Waals surface area contributed by atoms with Gasteiger partial charge < -0.3 is 4.57 Å². The summed E-state index contributed by atoms with van der Waals surface area (Å²) in [5, 5.41) is 0.350. The Kier molecular flexibility index (Phi) is 3.09. The number of halogens is 3. The van der Waals surface area contributed by atoms with Gasteiger partial charge in [-0.1, -0.05) is 18.2 Å². The molecule has 0 N–H and O–H groups in total. The minimum atomic E-state index is -3.94. The molecule has 0 aliphatic carbocycles. The second-order valence-electron chi connectivity index (χ2n) is 3.49. The van der Waals surface area contributed by atoms with Gasteiger partial charge in [0.1, 0.15) is 4.90 Å². The van der Waals surface area contributed by atoms with Crippen molar-refractivity contribution in [2.75, 3.05) is 0 Å². The quantitative estimate of drug-likeness (QED) is 0.811. The Bertz CT molecular complexity index is 651. The normalized spacial score (nSPS) is 12.5. The van der Waals surface area contributed by atoms with Crippen LogP contribution in [-0.4, -0.2) is 19.4 Å². The molecule has 0 atom stereocenters. The highest BCUT2D eigenvalue weighted by Crippen LogP contribution is 2.28. The van der Waals surface area contributed by atoms with E-state index in [2.05, 4.69) is 0 Å². The Morgan fingerprint density at radius 2 is 1.94 bits per heavy atom. The molecule has 7 heteroatoms. The number of fused-ring (bicyclic) bond motifs is 1. The number of benzene rings is 1. The van der Waals surface area contributed by atoms with Crippen molar-refractivity contribution in [1.29, 1.82) is 0 Å². The molecule has 17 heavy (non-hydrogen) atoms. The van der Waals surface area contributed by atoms with Gasteiger partial charge in [0.05, 0.1) is 6.54 Å². The molecule has 0 amide bonds. The first-order valence-electron chi connectivity index (χ1n) is 4.70. The second-order valence-corrected chi connectivity index (χ2v) is 6.03. The lowest BCUT2D eigenvalue weighted by Crippen LogP contribution is -2.04. The minimum Gasteiger partial charge on any atom is -0.340 e. The Balaban J connectivity index is 2.71. The zero-order valence-electron chi connectivity index (χ0n) is 8.48. The molecule has 0 spiro atoms. The smallest absolute Gasteiger partial charge is 0.263 e. The van der Waals surface area contributed by atoms with E-state index in [0.29, 0.717) is 10.9 Å². The summed E-state index contributed by atoms with van der Waals surface area (Å²) in [7, 11) is 1.32. The molecule has 92 valence electrons. The van der Waals surface area contributed by atoms with E-state index in [0.717, 1.165) is 6.20 Å². The summed E-state index contributed by atoms with van der Waals surface area (Å²) >= 11 is 0. The lowest BCUT2D eigenvalue weighted by molar-refractivity contribution is 0.128. The summed E-state index contributed by atoms with van der Waals surface area (Å²) in [5.74, 6) is 0. The third-order valence-electron chi connectivity index (χ3n) is 2.35. The summed E-state index contributed by atoms with van der Waals surface area (Å²) in [6.45, 7) is -0.563. The fourth-order valence-electron chi connectivity index (χ4n) is 1.71. The molecular formula is C10H8ClF2NO2S. The SMILES string of the molecule is O=S(=O)(Cl)c1cn(CC(F)F)c2ccccc12. The van der Waals surface area contributed by atoms with Crippen molar-refractivity contribution in [2.45, 2.75) is 17.9 Å². The van der Waals surface area contributed by atoms with Crippen LogP contribution in [0, 0.1) is 0 Å². The maximum atomic E-state index is 12.4. The van der Waals surface area contributed by atoms with Gasteiger partial charge in [-0.05, 0) is 6.07 Å². The van der Waals surface area contributed by atoms with Crippen LogP contribution in [0.25, 0.3) is 10.9 Å². The molecule has 0 aliphatic heterocycles. The molecule has 1 aromatic heterocycles. The van der Waals surface area contributed by atoms with E-state index in [4.69, 9.17) is 10.7 Å². The predicted octanol–water partition coefficient (Wildman–Crippen LogP) is 2.83. The van der Waals surface area contributed by atoms with Crippen molar-refractivity contribution in [1.82, 2.24) is 4.57 Å². The largest absolute Gasteiger partial charge is 0.340 e. The van der Waals surface area contributed by atoms with Gasteiger partial charge in [0.25, 0.3) is 15.5 Å². The predicted molar refractivity (Wildman–Crippen MR) is 61.0 cm³/mol. The van der Waals surface area contributed by atoms with Crippen LogP contribution in [-0.2, 0) is 15.6 Å². The van der Waals surface area contributed by atoms with Crippen molar-refractivity contribution in [3.8, 4) is 0 Å². The van der Waals surface area contributed by atoms with Crippen LogP contribution in [0.1, 0.15) is 0 Å². The van der Waals surface area contributed by atoms with Gasteiger partial charge in [-0.2, -0.15) is 0 Å². The van der Waals surface area contributed by atoms with E-state index >= 15 is 0 Å². The van der Waals surface area contributed by atoms with Crippen LogP contribution >= 0.6 is 10.7 Å². The lowest BCUT2D eigenvalue weighted by Gasteiger charge is -2.02. The van der Waals surface area contributed by atoms with Gasteiger partial charge >= 0.3 is 0 Å². The molecular weight excluding hydrogens is 272 g/mol. The zero-order valence-corrected chi connectivity index (χ0v) is 10.0. The van der Waals surface area contributed by atoms with Crippen LogP contribution in [0.15, 0.2) is 35.4 Å². The topological polar surface area (TPSA) is 39.1 Å². The number of alkyl halides is 2. The molecule has 2 rings (SSSR count). The van der Waals surface area contributed by atoms with Gasteiger partial charge in [-0.25, -0.2) is 17.2 Å². The number of hydrogen-bond acceptors (Lipinski definition) is 2. The average Bonchev–Trinajstić information content (AvgIpc) is 2.56. The van der Waals surface area contributed by atoms with Crippen LogP contribution in [0.5, 0.6) is 0 Å². The highest BCUT2D eigenvalue weighted by molar-refractivity contribution is 8.14. The van der Waals surface area contributed by atoms with E-state index in [1.807, 2.05) is 0 Å². The van der Waals surface area contributed by atoms with E-state index in [-0.39, 0.29) is 4.90 Å². The Hall–Kier alpha value is -1.14. The number of aromatic nitrogens is 1. The summed E-state index contributed by atoms with van der Waals surface area (Å²) in [5.41, 5.74) is 0.423. The van der Waals surface area contributed by atoms with E-state index in [1.165, 1.54) is 10.6 Å². The Labute approximate surface area is 101 Å². The molecule has 1 aromatic carbocycles. The van der Waals surface area contributed by atoms with Gasteiger partial charge in [-0.15, -0.1) is 0 Å². The first kappa shape index (κ1) is 12.3. The fourth-order valence-corrected chi connectivity index (χ4v) is 2.76. The standard InChI is InChI=1S/C10H8ClF2NO2S/c11-17(15,16)9-5-14(6-10(12)13)8-4-2-1-3-7(8)9/h1-5,10H,6H2. The number of hydrogen-bond donors (Lipinski definition) is 0. The van der Waals surface area contributed by atoms with Crippen LogP contribution in [0.2, 0.25) is 0 Å². The minimum absolute atomic E-state index is 0.143. The van der Waals surface area contributed by atoms with Crippen molar-refractivity contribution < 1.29 is 17.2 Å². The van der Waals surface area contributed by atoms with Crippen LogP contribution in [0.3, 0.4) is 0 Å². The monoisotopic (exact) mass is 279 g/mol. The third-order valence-corrected chi connectivity index (χ3v) is 3.70. The first-order chi connectivity index (χ1) is 7.89. The average molecular weight is 280 g/mol. The first-order valence-corrected chi connectivity index (χ1v) is 7.01. The van der Waals surface area contributed by atoms with Gasteiger partial charge in [-0.3, -0.25) is 0 Å². The number of para-hydroxylation sites is 1. The lowest BCUT2D eigenvalue weighted by atomic mass is 10.2. The van der Waals surface area contributed by atoms with E-state index in [1.54, 1.807) is 18.2 Å². The van der Waals surface area contributed by atoms with Crippen molar-refractivity contribution in [3.05, 3.63) is 30.5 Å². The van der Waals surface area contributed by atoms with Gasteiger partial charge in [0, 0.05) is 27.8 Å². The molecule has 0 aliphatic rings. The second kappa shape index (κ2) is 4.27. The van der Waals surface area contributed by atoms with Gasteiger partial charge in [0.15, 0.2) is 0 Å². The van der Waals surface area contributed by atoms with Crippen LogP contribution in [0.4, 0.5) is 8.78 Å². The number of nitrogens with zero attached hydrogens (tertiary/aromatic N) is 1. The third kappa shape index (κ3) is 2.42. The maximum absolute atomic E-state index is 12.4. The molecule has 3 nitrogen and oxygen atoms in total. The zero-order chi connectivity index (χ0) is 12.6. The van der Waals surface area contributed by atoms with Gasteiger partial charge in [0.2, 0.25) is 0 Å². The summed E-state index contributed by atoms with van der Waals surface area (Å²) in [6, 6.07) is 6.38. The van der Waals surface area contributed by atoms with Crippen molar-refractivity contribution in [3.63, 3.8) is 0 Å². The Morgan fingerprint density at radius 3 is 2.53 bits per heavy atom. The van der Waals surface area contributed by atoms with Crippen molar-refractivity contribution >= 4 is 30.6 Å². The molecule has 0 unspecified atom stereocenters. The number of rotatable bonds is 3. The molecule has 2 aromatic rings. The highest BCUT2D eigenvalue weighted by atomic mass is 35.7. The molecule has 0 saturated carbocycles.